The zero-order valence-corrected chi connectivity index (χ0v) is 17.1. The second-order valence-electron chi connectivity index (χ2n) is 7.54. The van der Waals surface area contributed by atoms with E-state index in [4.69, 9.17) is 0 Å². The number of aryl methyl sites for hydroxylation is 2. The van der Waals surface area contributed by atoms with Crippen LogP contribution in [0.25, 0.3) is 0 Å². The fraction of sp³-hybridized carbons (Fsp3) is 0.526. The van der Waals surface area contributed by atoms with E-state index >= 15 is 0 Å². The number of piperidine rings is 1. The van der Waals surface area contributed by atoms with Gasteiger partial charge in [-0.25, -0.2) is 12.8 Å². The highest BCUT2D eigenvalue weighted by Crippen LogP contribution is 2.30. The van der Waals surface area contributed by atoms with Crippen LogP contribution in [0.4, 0.5) is 4.39 Å². The maximum atomic E-state index is 13.9. The zero-order valence-electron chi connectivity index (χ0n) is 16.3. The van der Waals surface area contributed by atoms with Gasteiger partial charge in [-0.15, -0.1) is 0 Å². The highest BCUT2D eigenvalue weighted by atomic mass is 32.2. The number of aromatic nitrogens is 2. The number of hydrogen-bond donors (Lipinski definition) is 0. The summed E-state index contributed by atoms with van der Waals surface area (Å²) in [7, 11) is 2.20. The molecule has 1 atom stereocenters. The molecular formula is C19H27FN4O2S. The summed E-state index contributed by atoms with van der Waals surface area (Å²) in [5.41, 5.74) is 2.45. The molecule has 2 aromatic rings. The maximum absolute atomic E-state index is 13.9. The summed E-state index contributed by atoms with van der Waals surface area (Å²) in [5, 5.41) is 4.61. The van der Waals surface area contributed by atoms with Crippen LogP contribution < -0.4 is 0 Å². The molecular weight excluding hydrogens is 367 g/mol. The Morgan fingerprint density at radius 2 is 2.04 bits per heavy atom. The van der Waals surface area contributed by atoms with Crippen molar-refractivity contribution in [2.45, 2.75) is 37.1 Å². The first-order valence-electron chi connectivity index (χ1n) is 9.12. The van der Waals surface area contributed by atoms with Crippen LogP contribution in [0.5, 0.6) is 0 Å². The number of sulfonamides is 1. The predicted molar refractivity (Wildman–Crippen MR) is 102 cm³/mol. The van der Waals surface area contributed by atoms with Gasteiger partial charge in [0.2, 0.25) is 10.0 Å². The number of hydrogen-bond acceptors (Lipinski definition) is 4. The number of rotatable bonds is 5. The van der Waals surface area contributed by atoms with Crippen molar-refractivity contribution in [3.63, 3.8) is 0 Å². The zero-order chi connectivity index (χ0) is 19.8. The van der Waals surface area contributed by atoms with Crippen LogP contribution in [0.1, 0.15) is 35.7 Å². The van der Waals surface area contributed by atoms with E-state index in [9.17, 15) is 12.8 Å². The average Bonchev–Trinajstić information content (AvgIpc) is 2.97. The van der Waals surface area contributed by atoms with Gasteiger partial charge >= 0.3 is 0 Å². The highest BCUT2D eigenvalue weighted by molar-refractivity contribution is 7.89. The fourth-order valence-electron chi connectivity index (χ4n) is 3.49. The Balaban J connectivity index is 1.82. The van der Waals surface area contributed by atoms with Crippen molar-refractivity contribution in [2.75, 3.05) is 27.2 Å². The lowest BCUT2D eigenvalue weighted by Crippen LogP contribution is -2.39. The number of nitrogens with zero attached hydrogens (tertiary/aromatic N) is 4. The molecule has 0 N–H and O–H groups in total. The lowest BCUT2D eigenvalue weighted by atomic mass is 9.96. The largest absolute Gasteiger partial charge is 0.304 e. The van der Waals surface area contributed by atoms with E-state index in [1.165, 1.54) is 16.4 Å². The maximum Gasteiger partial charge on any atom is 0.243 e. The van der Waals surface area contributed by atoms with E-state index in [0.29, 0.717) is 18.7 Å². The van der Waals surface area contributed by atoms with Crippen molar-refractivity contribution in [3.8, 4) is 0 Å². The molecule has 0 amide bonds. The minimum Gasteiger partial charge on any atom is -0.304 e. The first-order chi connectivity index (χ1) is 12.7. The average molecular weight is 395 g/mol. The van der Waals surface area contributed by atoms with Crippen molar-refractivity contribution < 1.29 is 12.8 Å². The molecule has 1 aromatic heterocycles. The van der Waals surface area contributed by atoms with Crippen molar-refractivity contribution in [2.24, 2.45) is 7.05 Å². The molecule has 0 spiro atoms. The monoisotopic (exact) mass is 394 g/mol. The molecule has 1 unspecified atom stereocenters. The van der Waals surface area contributed by atoms with Crippen LogP contribution in [-0.2, 0) is 23.6 Å². The smallest absolute Gasteiger partial charge is 0.243 e. The van der Waals surface area contributed by atoms with E-state index in [-0.39, 0.29) is 10.8 Å². The molecule has 1 aromatic carbocycles. The van der Waals surface area contributed by atoms with Crippen LogP contribution in [0.2, 0.25) is 0 Å². The molecule has 148 valence electrons. The molecule has 6 nitrogen and oxygen atoms in total. The summed E-state index contributed by atoms with van der Waals surface area (Å²) in [6.07, 6.45) is 1.66. The summed E-state index contributed by atoms with van der Waals surface area (Å²) in [6.45, 7) is 3.22. The molecule has 0 saturated carbocycles. The van der Waals surface area contributed by atoms with E-state index in [1.807, 2.05) is 25.8 Å². The Bertz CT molecular complexity index is 924. The topological polar surface area (TPSA) is 58.4 Å². The quantitative estimate of drug-likeness (QED) is 0.782. The molecule has 1 aliphatic rings. The van der Waals surface area contributed by atoms with Crippen LogP contribution in [0.3, 0.4) is 0 Å². The highest BCUT2D eigenvalue weighted by Gasteiger charge is 2.32. The van der Waals surface area contributed by atoms with Crippen molar-refractivity contribution >= 4 is 10.0 Å². The second-order valence-corrected chi connectivity index (χ2v) is 9.47. The van der Waals surface area contributed by atoms with Gasteiger partial charge in [-0.2, -0.15) is 9.40 Å². The van der Waals surface area contributed by atoms with Crippen LogP contribution in [0, 0.1) is 12.7 Å². The van der Waals surface area contributed by atoms with Gasteiger partial charge in [0.05, 0.1) is 16.3 Å². The first-order valence-corrected chi connectivity index (χ1v) is 10.6. The molecule has 1 saturated heterocycles. The van der Waals surface area contributed by atoms with Crippen LogP contribution in [0.15, 0.2) is 29.2 Å². The summed E-state index contributed by atoms with van der Waals surface area (Å²) in [4.78, 5) is 2.09. The third kappa shape index (κ3) is 4.23. The number of halogens is 1. The predicted octanol–water partition coefficient (Wildman–Crippen LogP) is 2.50. The van der Waals surface area contributed by atoms with Gasteiger partial charge in [0.1, 0.15) is 5.82 Å². The number of benzene rings is 1. The van der Waals surface area contributed by atoms with Crippen LogP contribution >= 0.6 is 0 Å². The van der Waals surface area contributed by atoms with Gasteiger partial charge in [0, 0.05) is 32.6 Å². The summed E-state index contributed by atoms with van der Waals surface area (Å²) >= 11 is 0. The minimum absolute atomic E-state index is 0.0144. The van der Waals surface area contributed by atoms with Crippen molar-refractivity contribution in [1.82, 2.24) is 19.0 Å². The van der Waals surface area contributed by atoms with Crippen LogP contribution in [-0.4, -0.2) is 54.6 Å². The summed E-state index contributed by atoms with van der Waals surface area (Å²) in [6, 6.07) is 6.17. The standard InChI is InChI=1S/C19H27FN4O2S/c1-14-7-8-17(11-18(14)20)27(25,26)24-9-5-6-15(12-24)19-10-16(13-22(2)3)23(4)21-19/h7-8,10-11,15H,5-6,9,12-13H2,1-4H3. The summed E-state index contributed by atoms with van der Waals surface area (Å²) in [5.74, 6) is -0.450. The van der Waals surface area contributed by atoms with E-state index in [0.717, 1.165) is 36.8 Å². The molecule has 8 heteroatoms. The van der Waals surface area contributed by atoms with Crippen molar-refractivity contribution in [1.29, 1.82) is 0 Å². The van der Waals surface area contributed by atoms with Crippen molar-refractivity contribution in [3.05, 3.63) is 47.0 Å². The first kappa shape index (κ1) is 20.0. The van der Waals surface area contributed by atoms with Gasteiger partial charge in [0.25, 0.3) is 0 Å². The minimum atomic E-state index is -3.71. The Morgan fingerprint density at radius 1 is 1.30 bits per heavy atom. The Kier molecular flexibility index (Phi) is 5.69. The van der Waals surface area contributed by atoms with Gasteiger partial charge in [-0.05, 0) is 57.6 Å². The molecule has 1 fully saturated rings. The molecule has 27 heavy (non-hydrogen) atoms. The fourth-order valence-corrected chi connectivity index (χ4v) is 5.02. The SMILES string of the molecule is Cc1ccc(S(=O)(=O)N2CCCC(c3cc(CN(C)C)n(C)n3)C2)cc1F. The normalized spacial score (nSPS) is 19.0. The Morgan fingerprint density at radius 3 is 2.70 bits per heavy atom. The molecule has 0 aliphatic carbocycles. The molecule has 0 bridgehead atoms. The third-order valence-corrected chi connectivity index (χ3v) is 6.92. The lowest BCUT2D eigenvalue weighted by Gasteiger charge is -2.31. The second kappa shape index (κ2) is 7.69. The van der Waals surface area contributed by atoms with E-state index in [2.05, 4.69) is 16.1 Å². The molecule has 2 heterocycles. The lowest BCUT2D eigenvalue weighted by molar-refractivity contribution is 0.311. The van der Waals surface area contributed by atoms with Gasteiger partial charge in [0.15, 0.2) is 0 Å². The summed E-state index contributed by atoms with van der Waals surface area (Å²) < 4.78 is 43.1. The van der Waals surface area contributed by atoms with Gasteiger partial charge in [-0.3, -0.25) is 4.68 Å². The third-order valence-electron chi connectivity index (χ3n) is 5.06. The van der Waals surface area contributed by atoms with Gasteiger partial charge in [-0.1, -0.05) is 6.07 Å². The van der Waals surface area contributed by atoms with E-state index in [1.54, 1.807) is 6.92 Å². The molecule has 1 aliphatic heterocycles. The molecule has 3 rings (SSSR count). The Labute approximate surface area is 160 Å². The molecule has 0 radical (unpaired) electrons. The van der Waals surface area contributed by atoms with E-state index < -0.39 is 15.8 Å². The van der Waals surface area contributed by atoms with Gasteiger partial charge < -0.3 is 4.90 Å². The Hall–Kier alpha value is -1.77.